The molecule has 2 N–H and O–H groups in total. The lowest BCUT2D eigenvalue weighted by Crippen LogP contribution is -2.42. The highest BCUT2D eigenvalue weighted by Gasteiger charge is 2.25. The molecule has 0 radical (unpaired) electrons. The van der Waals surface area contributed by atoms with Crippen molar-refractivity contribution in [2.24, 2.45) is 0 Å². The van der Waals surface area contributed by atoms with Crippen molar-refractivity contribution in [3.8, 4) is 0 Å². The Hall–Kier alpha value is -3.14. The van der Waals surface area contributed by atoms with Crippen molar-refractivity contribution in [3.05, 3.63) is 72.8 Å². The first-order valence-corrected chi connectivity index (χ1v) is 10.1. The molecule has 1 aliphatic carbocycles. The van der Waals surface area contributed by atoms with E-state index >= 15 is 0 Å². The summed E-state index contributed by atoms with van der Waals surface area (Å²) in [6.45, 7) is 0. The van der Waals surface area contributed by atoms with Crippen molar-refractivity contribution in [1.29, 1.82) is 0 Å². The molecule has 2 atom stereocenters. The van der Waals surface area contributed by atoms with E-state index < -0.39 is 0 Å². The first-order valence-electron chi connectivity index (χ1n) is 10.1. The van der Waals surface area contributed by atoms with Crippen LogP contribution in [-0.2, 0) is 0 Å². The molecule has 4 aromatic rings. The number of nitrogens with zero attached hydrogens (tertiary/aromatic N) is 2. The molecule has 1 aliphatic rings. The molecule has 2 unspecified atom stereocenters. The second-order valence-electron chi connectivity index (χ2n) is 7.56. The van der Waals surface area contributed by atoms with Crippen molar-refractivity contribution < 1.29 is 0 Å². The van der Waals surface area contributed by atoms with Gasteiger partial charge in [-0.15, -0.1) is 0 Å². The van der Waals surface area contributed by atoms with Crippen molar-refractivity contribution >= 4 is 33.4 Å². The average molecular weight is 368 g/mol. The Bertz CT molecular complexity index is 1020. The van der Waals surface area contributed by atoms with E-state index in [4.69, 9.17) is 9.97 Å². The SMILES string of the molecule is c1ccc2nc(NC3CCCCC3Nc3ccc4ccccc4n3)ccc2c1. The van der Waals surface area contributed by atoms with Crippen LogP contribution in [0, 0.1) is 0 Å². The summed E-state index contributed by atoms with van der Waals surface area (Å²) < 4.78 is 0. The third-order valence-corrected chi connectivity index (χ3v) is 5.63. The van der Waals surface area contributed by atoms with E-state index in [0.717, 1.165) is 35.5 Å². The van der Waals surface area contributed by atoms with Crippen molar-refractivity contribution in [3.63, 3.8) is 0 Å². The van der Waals surface area contributed by atoms with Crippen LogP contribution in [0.5, 0.6) is 0 Å². The van der Waals surface area contributed by atoms with E-state index in [1.54, 1.807) is 0 Å². The zero-order valence-corrected chi connectivity index (χ0v) is 15.8. The largest absolute Gasteiger partial charge is 0.365 e. The van der Waals surface area contributed by atoms with Crippen LogP contribution in [0.3, 0.4) is 0 Å². The van der Waals surface area contributed by atoms with Gasteiger partial charge in [0.15, 0.2) is 0 Å². The minimum atomic E-state index is 0.343. The topological polar surface area (TPSA) is 49.8 Å². The number of nitrogens with one attached hydrogen (secondary N) is 2. The molecule has 4 heteroatoms. The minimum Gasteiger partial charge on any atom is -0.365 e. The smallest absolute Gasteiger partial charge is 0.126 e. The molecule has 2 heterocycles. The van der Waals surface area contributed by atoms with Gasteiger partial charge in [-0.05, 0) is 49.2 Å². The lowest BCUT2D eigenvalue weighted by atomic mass is 9.90. The molecule has 0 amide bonds. The zero-order valence-electron chi connectivity index (χ0n) is 15.8. The molecule has 0 spiro atoms. The molecule has 1 saturated carbocycles. The second kappa shape index (κ2) is 7.47. The molecule has 4 nitrogen and oxygen atoms in total. The number of para-hydroxylation sites is 2. The lowest BCUT2D eigenvalue weighted by molar-refractivity contribution is 0.422. The van der Waals surface area contributed by atoms with Gasteiger partial charge in [-0.3, -0.25) is 0 Å². The molecule has 28 heavy (non-hydrogen) atoms. The van der Waals surface area contributed by atoms with Gasteiger partial charge < -0.3 is 10.6 Å². The Balaban J connectivity index is 1.36. The Morgan fingerprint density at radius 3 is 1.54 bits per heavy atom. The van der Waals surface area contributed by atoms with Gasteiger partial charge in [0.1, 0.15) is 11.6 Å². The van der Waals surface area contributed by atoms with Crippen LogP contribution in [0.1, 0.15) is 25.7 Å². The monoisotopic (exact) mass is 368 g/mol. The summed E-state index contributed by atoms with van der Waals surface area (Å²) >= 11 is 0. The summed E-state index contributed by atoms with van der Waals surface area (Å²) in [5, 5.41) is 9.70. The lowest BCUT2D eigenvalue weighted by Gasteiger charge is -2.33. The van der Waals surface area contributed by atoms with E-state index in [-0.39, 0.29) is 0 Å². The quantitative estimate of drug-likeness (QED) is 0.491. The summed E-state index contributed by atoms with van der Waals surface area (Å²) in [5.41, 5.74) is 2.06. The Morgan fingerprint density at radius 1 is 0.571 bits per heavy atom. The maximum absolute atomic E-state index is 4.80. The number of anilines is 2. The number of pyridine rings is 2. The number of benzene rings is 2. The number of hydrogen-bond donors (Lipinski definition) is 2. The number of fused-ring (bicyclic) bond motifs is 2. The molecule has 0 aliphatic heterocycles. The van der Waals surface area contributed by atoms with Crippen molar-refractivity contribution in [2.75, 3.05) is 10.6 Å². The number of rotatable bonds is 4. The van der Waals surface area contributed by atoms with Gasteiger partial charge in [0, 0.05) is 22.9 Å². The summed E-state index contributed by atoms with van der Waals surface area (Å²) in [6, 6.07) is 25.6. The molecule has 2 aromatic carbocycles. The third kappa shape index (κ3) is 3.50. The normalized spacial score (nSPS) is 19.6. The van der Waals surface area contributed by atoms with E-state index in [1.165, 1.54) is 23.6 Å². The van der Waals surface area contributed by atoms with Crippen LogP contribution in [0.2, 0.25) is 0 Å². The first kappa shape index (κ1) is 17.0. The predicted octanol–water partition coefficient (Wildman–Crippen LogP) is 5.62. The second-order valence-corrected chi connectivity index (χ2v) is 7.56. The molecular weight excluding hydrogens is 344 g/mol. The van der Waals surface area contributed by atoms with Crippen LogP contribution in [0.25, 0.3) is 21.8 Å². The van der Waals surface area contributed by atoms with E-state index in [0.29, 0.717) is 12.1 Å². The van der Waals surface area contributed by atoms with Crippen LogP contribution >= 0.6 is 0 Å². The van der Waals surface area contributed by atoms with Gasteiger partial charge in [-0.1, -0.05) is 49.2 Å². The van der Waals surface area contributed by atoms with Crippen molar-refractivity contribution in [2.45, 2.75) is 37.8 Å². The average Bonchev–Trinajstić information content (AvgIpc) is 2.75. The summed E-state index contributed by atoms with van der Waals surface area (Å²) in [4.78, 5) is 9.59. The Kier molecular flexibility index (Phi) is 4.53. The predicted molar refractivity (Wildman–Crippen MR) is 117 cm³/mol. The molecule has 1 fully saturated rings. The fraction of sp³-hybridized carbons (Fsp3) is 0.250. The number of hydrogen-bond acceptors (Lipinski definition) is 4. The van der Waals surface area contributed by atoms with Gasteiger partial charge in [0.25, 0.3) is 0 Å². The van der Waals surface area contributed by atoms with Crippen LogP contribution in [-0.4, -0.2) is 22.1 Å². The highest BCUT2D eigenvalue weighted by atomic mass is 15.1. The third-order valence-electron chi connectivity index (χ3n) is 5.63. The molecule has 0 saturated heterocycles. The van der Waals surface area contributed by atoms with Gasteiger partial charge in [0.2, 0.25) is 0 Å². The highest BCUT2D eigenvalue weighted by molar-refractivity contribution is 5.81. The van der Waals surface area contributed by atoms with Gasteiger partial charge in [-0.2, -0.15) is 0 Å². The van der Waals surface area contributed by atoms with E-state index in [9.17, 15) is 0 Å². The minimum absolute atomic E-state index is 0.343. The molecular formula is C24H24N4. The fourth-order valence-electron chi connectivity index (χ4n) is 4.15. The Morgan fingerprint density at radius 2 is 1.04 bits per heavy atom. The first-order chi connectivity index (χ1) is 13.8. The zero-order chi connectivity index (χ0) is 18.8. The van der Waals surface area contributed by atoms with E-state index in [2.05, 4.69) is 71.3 Å². The summed E-state index contributed by atoms with van der Waals surface area (Å²) in [5.74, 6) is 1.90. The van der Waals surface area contributed by atoms with Gasteiger partial charge in [-0.25, -0.2) is 9.97 Å². The molecule has 2 aromatic heterocycles. The maximum Gasteiger partial charge on any atom is 0.126 e. The van der Waals surface area contributed by atoms with Gasteiger partial charge in [0.05, 0.1) is 11.0 Å². The maximum atomic E-state index is 4.80. The van der Waals surface area contributed by atoms with E-state index in [1.807, 2.05) is 12.1 Å². The molecule has 5 rings (SSSR count). The highest BCUT2D eigenvalue weighted by Crippen LogP contribution is 2.26. The fourth-order valence-corrected chi connectivity index (χ4v) is 4.15. The van der Waals surface area contributed by atoms with Crippen molar-refractivity contribution in [1.82, 2.24) is 9.97 Å². The van der Waals surface area contributed by atoms with Crippen LogP contribution in [0.4, 0.5) is 11.6 Å². The summed E-state index contributed by atoms with van der Waals surface area (Å²) in [7, 11) is 0. The van der Waals surface area contributed by atoms with Gasteiger partial charge >= 0.3 is 0 Å². The van der Waals surface area contributed by atoms with Crippen LogP contribution in [0.15, 0.2) is 72.8 Å². The Labute approximate surface area is 165 Å². The molecule has 140 valence electrons. The molecule has 0 bridgehead atoms. The van der Waals surface area contributed by atoms with Crippen LogP contribution < -0.4 is 10.6 Å². The number of aromatic nitrogens is 2. The summed E-state index contributed by atoms with van der Waals surface area (Å²) in [6.07, 6.45) is 4.77. The standard InChI is InChI=1S/C24H24N4/c1-3-9-19-17(7-1)13-15-23(25-19)27-21-11-5-6-12-22(21)28-24-16-14-18-8-2-4-10-20(18)26-24/h1-4,7-10,13-16,21-22H,5-6,11-12H2,(H,25,27)(H,26,28).